The van der Waals surface area contributed by atoms with Crippen LogP contribution in [0.4, 0.5) is 0 Å². The Hall–Kier alpha value is -2.16. The highest BCUT2D eigenvalue weighted by Gasteiger charge is 2.36. The topological polar surface area (TPSA) is 55.1 Å². The number of rotatable bonds is 8. The molecule has 0 aliphatic carbocycles. The summed E-state index contributed by atoms with van der Waals surface area (Å²) in [7, 11) is -1.74. The molecule has 0 spiro atoms. The van der Waals surface area contributed by atoms with Crippen molar-refractivity contribution in [3.8, 4) is 11.8 Å². The van der Waals surface area contributed by atoms with Gasteiger partial charge in [-0.25, -0.2) is 0 Å². The van der Waals surface area contributed by atoms with Gasteiger partial charge >= 0.3 is 0 Å². The summed E-state index contributed by atoms with van der Waals surface area (Å²) < 4.78 is 12.5. The van der Waals surface area contributed by atoms with Crippen molar-refractivity contribution in [3.05, 3.63) is 59.9 Å². The van der Waals surface area contributed by atoms with Crippen LogP contribution in [0.1, 0.15) is 51.0 Å². The largest absolute Gasteiger partial charge is 0.483 e. The van der Waals surface area contributed by atoms with Crippen molar-refractivity contribution in [2.45, 2.75) is 57.8 Å². The van der Waals surface area contributed by atoms with E-state index in [1.165, 1.54) is 0 Å². The van der Waals surface area contributed by atoms with Gasteiger partial charge in [0, 0.05) is 12.8 Å². The van der Waals surface area contributed by atoms with Gasteiger partial charge in [-0.3, -0.25) is 4.98 Å². The Balaban J connectivity index is 2.05. The van der Waals surface area contributed by atoms with E-state index in [9.17, 15) is 5.26 Å². The van der Waals surface area contributed by atoms with E-state index in [-0.39, 0.29) is 11.1 Å². The number of hydrogen-bond acceptors (Lipinski definition) is 4. The minimum absolute atomic E-state index is 0.204. The molecule has 1 aromatic carbocycles. The molecule has 0 saturated carbocycles. The monoisotopic (exact) mass is 382 g/mol. The van der Waals surface area contributed by atoms with Crippen LogP contribution in [0.5, 0.6) is 5.75 Å². The summed E-state index contributed by atoms with van der Waals surface area (Å²) >= 11 is 0. The number of pyridine rings is 1. The minimum atomic E-state index is -1.74. The lowest BCUT2D eigenvalue weighted by Crippen LogP contribution is -2.41. The molecule has 0 aliphatic heterocycles. The third kappa shape index (κ3) is 5.91. The molecule has 0 radical (unpaired) electrons. The maximum atomic E-state index is 9.32. The Morgan fingerprint density at radius 3 is 2.44 bits per heavy atom. The quantitative estimate of drug-likeness (QED) is 0.423. The summed E-state index contributed by atoms with van der Waals surface area (Å²) in [5.74, 6) is 0.598. The SMILES string of the molecule is CC(C)(C)[Si](C)(C)OCCCC(Oc1ccccc1C#N)c1ccccn1. The number of ether oxygens (including phenoxy) is 1. The molecule has 5 heteroatoms. The van der Waals surface area contributed by atoms with Gasteiger partial charge in [-0.1, -0.05) is 39.0 Å². The molecule has 0 saturated heterocycles. The highest BCUT2D eigenvalue weighted by atomic mass is 28.4. The van der Waals surface area contributed by atoms with Gasteiger partial charge in [-0.15, -0.1) is 0 Å². The molecule has 0 fully saturated rings. The van der Waals surface area contributed by atoms with Crippen molar-refractivity contribution in [2.24, 2.45) is 0 Å². The molecule has 4 nitrogen and oxygen atoms in total. The van der Waals surface area contributed by atoms with Crippen LogP contribution in [0.25, 0.3) is 0 Å². The fourth-order valence-electron chi connectivity index (χ4n) is 2.46. The van der Waals surface area contributed by atoms with Crippen molar-refractivity contribution in [3.63, 3.8) is 0 Å². The van der Waals surface area contributed by atoms with Crippen molar-refractivity contribution in [1.29, 1.82) is 5.26 Å². The molecule has 0 bridgehead atoms. The maximum absolute atomic E-state index is 9.32. The molecule has 1 aromatic heterocycles. The van der Waals surface area contributed by atoms with Crippen molar-refractivity contribution in [1.82, 2.24) is 4.98 Å². The fourth-order valence-corrected chi connectivity index (χ4v) is 3.55. The van der Waals surface area contributed by atoms with E-state index in [2.05, 4.69) is 44.9 Å². The molecule has 1 atom stereocenters. The van der Waals surface area contributed by atoms with Gasteiger partial charge in [0.25, 0.3) is 0 Å². The summed E-state index contributed by atoms with van der Waals surface area (Å²) in [6.45, 7) is 12.0. The Morgan fingerprint density at radius 1 is 1.11 bits per heavy atom. The predicted octanol–water partition coefficient (Wildman–Crippen LogP) is 5.88. The third-order valence-corrected chi connectivity index (χ3v) is 9.71. The molecule has 0 amide bonds. The average molecular weight is 383 g/mol. The van der Waals surface area contributed by atoms with Crippen molar-refractivity contribution >= 4 is 8.32 Å². The summed E-state index contributed by atoms with van der Waals surface area (Å²) in [5.41, 5.74) is 1.41. The average Bonchev–Trinajstić information content (AvgIpc) is 2.64. The number of hydrogen-bond donors (Lipinski definition) is 0. The first-order chi connectivity index (χ1) is 12.7. The van der Waals surface area contributed by atoms with Gasteiger partial charge in [-0.2, -0.15) is 5.26 Å². The van der Waals surface area contributed by atoms with Crippen LogP contribution in [0.3, 0.4) is 0 Å². The van der Waals surface area contributed by atoms with Crippen LogP contribution in [-0.4, -0.2) is 19.9 Å². The van der Waals surface area contributed by atoms with E-state index in [1.807, 2.05) is 36.4 Å². The van der Waals surface area contributed by atoms with Crippen molar-refractivity contribution in [2.75, 3.05) is 6.61 Å². The van der Waals surface area contributed by atoms with Crippen LogP contribution in [0, 0.1) is 11.3 Å². The lowest BCUT2D eigenvalue weighted by atomic mass is 10.1. The van der Waals surface area contributed by atoms with E-state index < -0.39 is 8.32 Å². The number of aromatic nitrogens is 1. The molecule has 2 aromatic rings. The first-order valence-electron chi connectivity index (χ1n) is 9.45. The molecular formula is C22H30N2O2Si. The number of nitrogens with zero attached hydrogens (tertiary/aromatic N) is 2. The van der Waals surface area contributed by atoms with Gasteiger partial charge in [0.15, 0.2) is 8.32 Å². The molecule has 0 aliphatic rings. The number of benzene rings is 1. The Labute approximate surface area is 164 Å². The second-order valence-electron chi connectivity index (χ2n) is 8.22. The van der Waals surface area contributed by atoms with E-state index in [0.717, 1.165) is 18.5 Å². The Morgan fingerprint density at radius 2 is 1.81 bits per heavy atom. The second-order valence-corrected chi connectivity index (χ2v) is 13.0. The fraction of sp³-hybridized carbons (Fsp3) is 0.455. The standard InChI is InChI=1S/C22H30N2O2Si/c1-22(2,3)27(4,5)25-16-10-14-21(19-12-8-9-15-24-19)26-20-13-7-6-11-18(20)17-23/h6-9,11-13,15,21H,10,14,16H2,1-5H3. The zero-order valence-corrected chi connectivity index (χ0v) is 18.0. The molecule has 2 rings (SSSR count). The highest BCUT2D eigenvalue weighted by Crippen LogP contribution is 2.37. The summed E-state index contributed by atoms with van der Waals surface area (Å²) in [4.78, 5) is 4.46. The van der Waals surface area contributed by atoms with Gasteiger partial charge < -0.3 is 9.16 Å². The van der Waals surface area contributed by atoms with Crippen molar-refractivity contribution < 1.29 is 9.16 Å². The molecule has 0 N–H and O–H groups in total. The van der Waals surface area contributed by atoms with Crippen LogP contribution in [0.15, 0.2) is 48.7 Å². The molecule has 144 valence electrons. The normalized spacial score (nSPS) is 13.0. The number of nitriles is 1. The van der Waals surface area contributed by atoms with Gasteiger partial charge in [0.1, 0.15) is 17.9 Å². The van der Waals surface area contributed by atoms with Crippen LogP contribution < -0.4 is 4.74 Å². The van der Waals surface area contributed by atoms with Crippen LogP contribution in [0.2, 0.25) is 18.1 Å². The van der Waals surface area contributed by atoms with Crippen LogP contribution in [-0.2, 0) is 4.43 Å². The molecular weight excluding hydrogens is 352 g/mol. The van der Waals surface area contributed by atoms with Crippen LogP contribution >= 0.6 is 0 Å². The minimum Gasteiger partial charge on any atom is -0.483 e. The van der Waals surface area contributed by atoms with E-state index in [4.69, 9.17) is 9.16 Å². The lowest BCUT2D eigenvalue weighted by molar-refractivity contribution is 0.172. The smallest absolute Gasteiger partial charge is 0.191 e. The zero-order chi connectivity index (χ0) is 19.9. The summed E-state index contributed by atoms with van der Waals surface area (Å²) in [6, 6.07) is 15.3. The highest BCUT2D eigenvalue weighted by molar-refractivity contribution is 6.74. The molecule has 1 heterocycles. The van der Waals surface area contributed by atoms with Gasteiger partial charge in [0.2, 0.25) is 0 Å². The van der Waals surface area contributed by atoms with Gasteiger partial charge in [-0.05, 0) is 55.2 Å². The summed E-state index contributed by atoms with van der Waals surface area (Å²) in [5, 5.41) is 9.52. The Kier molecular flexibility index (Phi) is 7.17. The Bertz CT molecular complexity index is 764. The number of para-hydroxylation sites is 1. The second kappa shape index (κ2) is 9.16. The molecule has 27 heavy (non-hydrogen) atoms. The zero-order valence-electron chi connectivity index (χ0n) is 17.0. The van der Waals surface area contributed by atoms with E-state index >= 15 is 0 Å². The third-order valence-electron chi connectivity index (χ3n) is 5.17. The first kappa shape index (κ1) is 21.1. The molecule has 1 unspecified atom stereocenters. The first-order valence-corrected chi connectivity index (χ1v) is 12.4. The summed E-state index contributed by atoms with van der Waals surface area (Å²) in [6.07, 6.45) is 3.23. The lowest BCUT2D eigenvalue weighted by Gasteiger charge is -2.36. The van der Waals surface area contributed by atoms with Gasteiger partial charge in [0.05, 0.1) is 11.3 Å². The van der Waals surface area contributed by atoms with E-state index in [0.29, 0.717) is 17.9 Å². The maximum Gasteiger partial charge on any atom is 0.191 e. The predicted molar refractivity (Wildman–Crippen MR) is 111 cm³/mol. The van der Waals surface area contributed by atoms with E-state index in [1.54, 1.807) is 12.3 Å².